The number of nitrogens with one attached hydrogen (secondary N) is 1. The molecule has 3 rings (SSSR count). The molecule has 25 heavy (non-hydrogen) atoms. The first kappa shape index (κ1) is 17.0. The van der Waals surface area contributed by atoms with E-state index >= 15 is 0 Å². The number of amides is 2. The number of hydrogen-bond acceptors (Lipinski definition) is 5. The van der Waals surface area contributed by atoms with Crippen LogP contribution in [-0.4, -0.2) is 37.9 Å². The van der Waals surface area contributed by atoms with E-state index in [2.05, 4.69) is 4.98 Å². The molecule has 11 heteroatoms. The third-order valence-corrected chi connectivity index (χ3v) is 4.31. The summed E-state index contributed by atoms with van der Waals surface area (Å²) in [7, 11) is 1.20. The van der Waals surface area contributed by atoms with E-state index in [1.54, 1.807) is 6.07 Å². The van der Waals surface area contributed by atoms with E-state index in [0.717, 1.165) is 11.0 Å². The third-order valence-electron chi connectivity index (χ3n) is 3.35. The van der Waals surface area contributed by atoms with Gasteiger partial charge < -0.3 is 0 Å². The molecule has 2 aromatic rings. The highest BCUT2D eigenvalue weighted by Gasteiger charge is 2.39. The number of aromatic amines is 1. The minimum absolute atomic E-state index is 0.0405. The number of nitrogens with zero attached hydrogens (tertiary/aromatic N) is 3. The quantitative estimate of drug-likeness (QED) is 0.820. The topological polar surface area (TPSA) is 88.1 Å². The number of imide groups is 1. The Morgan fingerprint density at radius 2 is 1.96 bits per heavy atom. The molecule has 2 aromatic heterocycles. The van der Waals surface area contributed by atoms with Crippen molar-refractivity contribution in [2.24, 2.45) is 0 Å². The maximum atomic E-state index is 13.3. The smallest absolute Gasteiger partial charge is 0.284 e. The average molecular weight is 370 g/mol. The van der Waals surface area contributed by atoms with Crippen molar-refractivity contribution >= 4 is 29.0 Å². The summed E-state index contributed by atoms with van der Waals surface area (Å²) in [6.07, 6.45) is -2.78. The van der Waals surface area contributed by atoms with Crippen LogP contribution < -0.4 is 5.56 Å². The fraction of sp³-hybridized carbons (Fsp3) is 0.143. The van der Waals surface area contributed by atoms with Crippen LogP contribution >= 0.6 is 11.8 Å². The van der Waals surface area contributed by atoms with Gasteiger partial charge in [0.2, 0.25) is 0 Å². The summed E-state index contributed by atoms with van der Waals surface area (Å²) in [5.74, 6) is -0.811. The van der Waals surface area contributed by atoms with Gasteiger partial charge in [0.05, 0.1) is 10.5 Å². The van der Waals surface area contributed by atoms with Crippen molar-refractivity contribution in [1.82, 2.24) is 19.7 Å². The minimum Gasteiger partial charge on any atom is -0.284 e. The molecule has 130 valence electrons. The highest BCUT2D eigenvalue weighted by Crippen LogP contribution is 2.34. The van der Waals surface area contributed by atoms with E-state index in [4.69, 9.17) is 0 Å². The first-order valence-corrected chi connectivity index (χ1v) is 7.57. The largest absolute Gasteiger partial charge is 0.433 e. The van der Waals surface area contributed by atoms with Gasteiger partial charge in [-0.05, 0) is 30.0 Å². The SMILES string of the molecule is CN1C(=O)SC(=Cc2c(C(F)(F)F)[nH]n(-c3ccccn3)c2=O)C1=O. The number of carbonyl (C=O) groups is 2. The highest BCUT2D eigenvalue weighted by molar-refractivity contribution is 8.18. The summed E-state index contributed by atoms with van der Waals surface area (Å²) < 4.78 is 40.5. The molecule has 0 bridgehead atoms. The van der Waals surface area contributed by atoms with Gasteiger partial charge in [-0.15, -0.1) is 0 Å². The van der Waals surface area contributed by atoms with Crippen LogP contribution in [0.2, 0.25) is 0 Å². The number of aromatic nitrogens is 3. The second kappa shape index (κ2) is 5.92. The molecule has 0 atom stereocenters. The number of thioether (sulfide) groups is 1. The van der Waals surface area contributed by atoms with Crippen molar-refractivity contribution in [3.05, 3.63) is 50.9 Å². The van der Waals surface area contributed by atoms with Gasteiger partial charge in [-0.3, -0.25) is 24.4 Å². The number of pyridine rings is 1. The number of carbonyl (C=O) groups excluding carboxylic acids is 2. The van der Waals surface area contributed by atoms with Crippen molar-refractivity contribution in [3.63, 3.8) is 0 Å². The van der Waals surface area contributed by atoms with Crippen LogP contribution in [0, 0.1) is 0 Å². The van der Waals surface area contributed by atoms with Gasteiger partial charge in [0.1, 0.15) is 5.69 Å². The third kappa shape index (κ3) is 2.97. The van der Waals surface area contributed by atoms with E-state index in [1.165, 1.54) is 25.4 Å². The number of rotatable bonds is 2. The predicted octanol–water partition coefficient (Wildman–Crippen LogP) is 2.25. The van der Waals surface area contributed by atoms with Crippen LogP contribution in [0.5, 0.6) is 0 Å². The van der Waals surface area contributed by atoms with Crippen LogP contribution in [-0.2, 0) is 11.0 Å². The lowest BCUT2D eigenvalue weighted by Gasteiger charge is -2.05. The first-order valence-electron chi connectivity index (χ1n) is 6.75. The zero-order valence-corrected chi connectivity index (χ0v) is 13.3. The molecule has 0 radical (unpaired) electrons. The standard InChI is InChI=1S/C14H9F3N4O3S/c1-20-12(23)8(25-13(20)24)6-7-10(14(15,16)17)19-21(11(7)22)9-4-2-3-5-18-9/h2-6,19H,1H3. The van der Waals surface area contributed by atoms with Crippen LogP contribution in [0.1, 0.15) is 11.3 Å². The van der Waals surface area contributed by atoms with Crippen molar-refractivity contribution in [2.45, 2.75) is 6.18 Å². The molecule has 0 unspecified atom stereocenters. The van der Waals surface area contributed by atoms with E-state index in [1.807, 2.05) is 5.10 Å². The normalized spacial score (nSPS) is 17.0. The summed E-state index contributed by atoms with van der Waals surface area (Å²) in [5, 5.41) is 1.34. The second-order valence-corrected chi connectivity index (χ2v) is 5.96. The van der Waals surface area contributed by atoms with Crippen molar-refractivity contribution in [2.75, 3.05) is 7.05 Å². The molecule has 1 saturated heterocycles. The Bertz CT molecular complexity index is 946. The fourth-order valence-electron chi connectivity index (χ4n) is 2.12. The number of alkyl halides is 3. The lowest BCUT2D eigenvalue weighted by Crippen LogP contribution is -2.22. The van der Waals surface area contributed by atoms with Crippen LogP contribution in [0.3, 0.4) is 0 Å². The van der Waals surface area contributed by atoms with Crippen molar-refractivity contribution in [3.8, 4) is 5.82 Å². The van der Waals surface area contributed by atoms with Gasteiger partial charge in [-0.25, -0.2) is 9.67 Å². The van der Waals surface area contributed by atoms with Gasteiger partial charge in [0.15, 0.2) is 5.82 Å². The van der Waals surface area contributed by atoms with E-state index in [9.17, 15) is 27.6 Å². The zero-order valence-electron chi connectivity index (χ0n) is 12.5. The van der Waals surface area contributed by atoms with Crippen molar-refractivity contribution in [1.29, 1.82) is 0 Å². The Morgan fingerprint density at radius 1 is 1.24 bits per heavy atom. The summed E-state index contributed by atoms with van der Waals surface area (Å²) in [5.41, 5.74) is -3.13. The molecule has 1 N–H and O–H groups in total. The fourth-order valence-corrected chi connectivity index (χ4v) is 2.93. The Hall–Kier alpha value is -2.82. The Morgan fingerprint density at radius 3 is 2.48 bits per heavy atom. The van der Waals surface area contributed by atoms with E-state index < -0.39 is 34.1 Å². The maximum Gasteiger partial charge on any atom is 0.433 e. The zero-order chi connectivity index (χ0) is 18.4. The summed E-state index contributed by atoms with van der Waals surface area (Å²) >= 11 is 0.463. The molecule has 0 saturated carbocycles. The molecule has 0 aromatic carbocycles. The second-order valence-electron chi connectivity index (χ2n) is 4.97. The number of hydrogen-bond donors (Lipinski definition) is 1. The summed E-state index contributed by atoms with van der Waals surface area (Å²) in [6, 6.07) is 4.40. The van der Waals surface area contributed by atoms with Crippen LogP contribution in [0.4, 0.5) is 18.0 Å². The molecule has 0 aliphatic carbocycles. The molecule has 7 nitrogen and oxygen atoms in total. The monoisotopic (exact) mass is 370 g/mol. The number of likely N-dealkylation sites (N-methyl/N-ethyl adjacent to an activating group) is 1. The minimum atomic E-state index is -4.87. The van der Waals surface area contributed by atoms with Crippen LogP contribution in [0.25, 0.3) is 11.9 Å². The Labute approximate surface area is 142 Å². The lowest BCUT2D eigenvalue weighted by atomic mass is 10.2. The van der Waals surface area contributed by atoms with Gasteiger partial charge in [-0.1, -0.05) is 6.07 Å². The highest BCUT2D eigenvalue weighted by atomic mass is 32.2. The molecule has 1 fully saturated rings. The van der Waals surface area contributed by atoms with E-state index in [0.29, 0.717) is 16.4 Å². The molecule has 0 spiro atoms. The van der Waals surface area contributed by atoms with E-state index in [-0.39, 0.29) is 10.7 Å². The molecular weight excluding hydrogens is 361 g/mol. The first-order chi connectivity index (χ1) is 11.7. The average Bonchev–Trinajstić information content (AvgIpc) is 3.01. The van der Waals surface area contributed by atoms with Gasteiger partial charge in [0, 0.05) is 13.2 Å². The van der Waals surface area contributed by atoms with Gasteiger partial charge in [-0.2, -0.15) is 13.2 Å². The van der Waals surface area contributed by atoms with Crippen LogP contribution in [0.15, 0.2) is 34.1 Å². The molecule has 1 aliphatic heterocycles. The number of halogens is 3. The Balaban J connectivity index is 2.20. The number of H-pyrrole nitrogens is 1. The summed E-state index contributed by atoms with van der Waals surface area (Å²) in [4.78, 5) is 40.1. The lowest BCUT2D eigenvalue weighted by molar-refractivity contribution is -0.141. The maximum absolute atomic E-state index is 13.3. The predicted molar refractivity (Wildman–Crippen MR) is 82.9 cm³/mol. The molecular formula is C14H9F3N4O3S. The molecule has 1 aliphatic rings. The molecule has 3 heterocycles. The van der Waals surface area contributed by atoms with Gasteiger partial charge >= 0.3 is 6.18 Å². The molecule has 2 amide bonds. The van der Waals surface area contributed by atoms with Crippen molar-refractivity contribution < 1.29 is 22.8 Å². The Kier molecular flexibility index (Phi) is 4.03. The van der Waals surface area contributed by atoms with Gasteiger partial charge in [0.25, 0.3) is 16.7 Å². The summed E-state index contributed by atoms with van der Waals surface area (Å²) in [6.45, 7) is 0.